The van der Waals surface area contributed by atoms with E-state index in [9.17, 15) is 13.6 Å². The molecule has 0 unspecified atom stereocenters. The molecule has 0 aliphatic heterocycles. The Labute approximate surface area is 93.1 Å². The van der Waals surface area contributed by atoms with Crippen LogP contribution in [0.1, 0.15) is 10.4 Å². The molecule has 0 atom stereocenters. The molecule has 0 saturated heterocycles. The predicted molar refractivity (Wildman–Crippen MR) is 51.3 cm³/mol. The lowest BCUT2D eigenvalue weighted by Gasteiger charge is -2.05. The Morgan fingerprint density at radius 3 is 2.40 bits per heavy atom. The van der Waals surface area contributed by atoms with Gasteiger partial charge in [0, 0.05) is 11.6 Å². The van der Waals surface area contributed by atoms with Crippen molar-refractivity contribution in [3.63, 3.8) is 0 Å². The van der Waals surface area contributed by atoms with Gasteiger partial charge in [-0.2, -0.15) is 0 Å². The first-order chi connectivity index (χ1) is 7.06. The Morgan fingerprint density at radius 2 is 1.93 bits per heavy atom. The van der Waals surface area contributed by atoms with E-state index in [-0.39, 0.29) is 11.3 Å². The summed E-state index contributed by atoms with van der Waals surface area (Å²) in [7, 11) is 1.29. The summed E-state index contributed by atoms with van der Waals surface area (Å²) in [5.41, 5.74) is -0.727. The molecule has 1 aromatic carbocycles. The summed E-state index contributed by atoms with van der Waals surface area (Å²) >= 11 is 2.89. The monoisotopic (exact) mass is 280 g/mol. The smallest absolute Gasteiger partial charge is 0.346 e. The molecule has 0 aliphatic carbocycles. The third-order valence-electron chi connectivity index (χ3n) is 1.52. The number of rotatable bonds is 3. The molecule has 0 N–H and O–H groups in total. The van der Waals surface area contributed by atoms with Crippen LogP contribution in [0.3, 0.4) is 0 Å². The second-order valence-corrected chi connectivity index (χ2v) is 3.50. The first-order valence-electron chi connectivity index (χ1n) is 3.87. The van der Waals surface area contributed by atoms with E-state index in [1.165, 1.54) is 7.11 Å². The van der Waals surface area contributed by atoms with Crippen LogP contribution in [0.15, 0.2) is 16.6 Å². The molecule has 0 spiro atoms. The van der Waals surface area contributed by atoms with Gasteiger partial charge in [0.15, 0.2) is 6.79 Å². The standard InChI is InChI=1S/C9H7BrF2O3/c1-14-4-15-9(13)8-6(11)2-5(10)3-7(8)12/h2-3H,4H2,1H3. The van der Waals surface area contributed by atoms with Gasteiger partial charge in [-0.3, -0.25) is 0 Å². The Bertz CT molecular complexity index is 359. The Hall–Kier alpha value is -1.01. The highest BCUT2D eigenvalue weighted by molar-refractivity contribution is 9.10. The molecule has 1 rings (SSSR count). The molecule has 0 aromatic heterocycles. The maximum Gasteiger partial charge on any atom is 0.346 e. The van der Waals surface area contributed by atoms with E-state index in [0.717, 1.165) is 12.1 Å². The Kier molecular flexibility index (Phi) is 4.16. The van der Waals surface area contributed by atoms with Crippen LogP contribution in [0.25, 0.3) is 0 Å². The van der Waals surface area contributed by atoms with E-state index < -0.39 is 23.2 Å². The lowest BCUT2D eigenvalue weighted by molar-refractivity contribution is -0.0132. The number of benzene rings is 1. The van der Waals surface area contributed by atoms with Crippen molar-refractivity contribution in [3.8, 4) is 0 Å². The van der Waals surface area contributed by atoms with Crippen LogP contribution in [-0.2, 0) is 9.47 Å². The average Bonchev–Trinajstić information content (AvgIpc) is 2.12. The van der Waals surface area contributed by atoms with E-state index >= 15 is 0 Å². The number of halogens is 3. The fraction of sp³-hybridized carbons (Fsp3) is 0.222. The van der Waals surface area contributed by atoms with Gasteiger partial charge >= 0.3 is 5.97 Å². The van der Waals surface area contributed by atoms with E-state index in [1.807, 2.05) is 0 Å². The summed E-state index contributed by atoms with van der Waals surface area (Å²) in [5, 5.41) is 0. The van der Waals surface area contributed by atoms with Crippen LogP contribution in [0, 0.1) is 11.6 Å². The van der Waals surface area contributed by atoms with Crippen molar-refractivity contribution in [3.05, 3.63) is 33.8 Å². The van der Waals surface area contributed by atoms with E-state index in [1.54, 1.807) is 0 Å². The highest BCUT2D eigenvalue weighted by Gasteiger charge is 2.19. The summed E-state index contributed by atoms with van der Waals surface area (Å²) < 4.78 is 35.4. The maximum absolute atomic E-state index is 13.2. The Balaban J connectivity index is 2.98. The normalized spacial score (nSPS) is 10.1. The zero-order valence-electron chi connectivity index (χ0n) is 7.72. The molecule has 3 nitrogen and oxygen atoms in total. The van der Waals surface area contributed by atoms with Gasteiger partial charge in [0.2, 0.25) is 0 Å². The van der Waals surface area contributed by atoms with Crippen molar-refractivity contribution >= 4 is 21.9 Å². The van der Waals surface area contributed by atoms with E-state index in [2.05, 4.69) is 25.4 Å². The van der Waals surface area contributed by atoms with Gasteiger partial charge in [0.1, 0.15) is 17.2 Å². The quantitative estimate of drug-likeness (QED) is 0.630. The molecule has 6 heteroatoms. The van der Waals surface area contributed by atoms with Crippen LogP contribution < -0.4 is 0 Å². The van der Waals surface area contributed by atoms with Gasteiger partial charge in [0.25, 0.3) is 0 Å². The minimum atomic E-state index is -1.10. The van der Waals surface area contributed by atoms with Crippen molar-refractivity contribution in [2.45, 2.75) is 0 Å². The van der Waals surface area contributed by atoms with Gasteiger partial charge in [0.05, 0.1) is 0 Å². The second kappa shape index (κ2) is 5.18. The molecular formula is C9H7BrF2O3. The lowest BCUT2D eigenvalue weighted by atomic mass is 10.2. The molecule has 0 amide bonds. The number of carbonyl (C=O) groups excluding carboxylic acids is 1. The summed E-state index contributed by atoms with van der Waals surface area (Å²) in [4.78, 5) is 11.2. The number of esters is 1. The number of ether oxygens (including phenoxy) is 2. The lowest BCUT2D eigenvalue weighted by Crippen LogP contribution is -2.11. The van der Waals surface area contributed by atoms with Gasteiger partial charge in [-0.25, -0.2) is 13.6 Å². The van der Waals surface area contributed by atoms with Crippen molar-refractivity contribution in [2.24, 2.45) is 0 Å². The fourth-order valence-corrected chi connectivity index (χ4v) is 1.32. The van der Waals surface area contributed by atoms with Crippen LogP contribution in [0.4, 0.5) is 8.78 Å². The molecule has 15 heavy (non-hydrogen) atoms. The molecule has 0 fully saturated rings. The number of carbonyl (C=O) groups is 1. The van der Waals surface area contributed by atoms with Crippen molar-refractivity contribution < 1.29 is 23.0 Å². The summed E-state index contributed by atoms with van der Waals surface area (Å²) in [6.45, 7) is -0.353. The van der Waals surface area contributed by atoms with Gasteiger partial charge in [-0.15, -0.1) is 0 Å². The number of hydrogen-bond acceptors (Lipinski definition) is 3. The van der Waals surface area contributed by atoms with Crippen LogP contribution >= 0.6 is 15.9 Å². The topological polar surface area (TPSA) is 35.5 Å². The fourth-order valence-electron chi connectivity index (χ4n) is 0.922. The zero-order chi connectivity index (χ0) is 11.4. The minimum absolute atomic E-state index is 0.209. The van der Waals surface area contributed by atoms with Crippen LogP contribution in [-0.4, -0.2) is 19.9 Å². The maximum atomic E-state index is 13.2. The third kappa shape index (κ3) is 2.97. The van der Waals surface area contributed by atoms with Gasteiger partial charge in [-0.1, -0.05) is 15.9 Å². The molecule has 0 bridgehead atoms. The number of hydrogen-bond donors (Lipinski definition) is 0. The highest BCUT2D eigenvalue weighted by Crippen LogP contribution is 2.20. The molecule has 0 saturated carbocycles. The molecule has 0 heterocycles. The van der Waals surface area contributed by atoms with Crippen molar-refractivity contribution in [1.29, 1.82) is 0 Å². The molecule has 82 valence electrons. The highest BCUT2D eigenvalue weighted by atomic mass is 79.9. The SMILES string of the molecule is COCOC(=O)c1c(F)cc(Br)cc1F. The first kappa shape index (κ1) is 12.1. The summed E-state index contributed by atoms with van der Waals surface area (Å²) in [6, 6.07) is 1.96. The van der Waals surface area contributed by atoms with Crippen LogP contribution in [0.2, 0.25) is 0 Å². The predicted octanol–water partition coefficient (Wildman–Crippen LogP) is 2.49. The Morgan fingerprint density at radius 1 is 1.40 bits per heavy atom. The molecule has 0 radical (unpaired) electrons. The number of methoxy groups -OCH3 is 1. The second-order valence-electron chi connectivity index (χ2n) is 2.58. The van der Waals surface area contributed by atoms with Crippen LogP contribution in [0.5, 0.6) is 0 Å². The van der Waals surface area contributed by atoms with Gasteiger partial charge in [-0.05, 0) is 12.1 Å². The van der Waals surface area contributed by atoms with E-state index in [0.29, 0.717) is 0 Å². The zero-order valence-corrected chi connectivity index (χ0v) is 9.31. The van der Waals surface area contributed by atoms with Gasteiger partial charge < -0.3 is 9.47 Å². The largest absolute Gasteiger partial charge is 0.435 e. The molecule has 0 aliphatic rings. The first-order valence-corrected chi connectivity index (χ1v) is 4.66. The van der Waals surface area contributed by atoms with Crippen molar-refractivity contribution in [2.75, 3.05) is 13.9 Å². The summed E-state index contributed by atoms with van der Waals surface area (Å²) in [5.74, 6) is -3.06. The summed E-state index contributed by atoms with van der Waals surface area (Å²) in [6.07, 6.45) is 0. The molecular weight excluding hydrogens is 274 g/mol. The minimum Gasteiger partial charge on any atom is -0.435 e. The average molecular weight is 281 g/mol. The van der Waals surface area contributed by atoms with E-state index in [4.69, 9.17) is 0 Å². The third-order valence-corrected chi connectivity index (χ3v) is 1.98. The van der Waals surface area contributed by atoms with Crippen molar-refractivity contribution in [1.82, 2.24) is 0 Å². The molecule has 1 aromatic rings.